The van der Waals surface area contributed by atoms with Gasteiger partial charge in [0.1, 0.15) is 11.9 Å². The van der Waals surface area contributed by atoms with Gasteiger partial charge in [-0.1, -0.05) is 18.2 Å². The van der Waals surface area contributed by atoms with Gasteiger partial charge in [-0.3, -0.25) is 9.39 Å². The fourth-order valence-electron chi connectivity index (χ4n) is 2.95. The summed E-state index contributed by atoms with van der Waals surface area (Å²) in [5, 5.41) is 15.0. The summed E-state index contributed by atoms with van der Waals surface area (Å²) in [6.45, 7) is 3.40. The maximum Gasteiger partial charge on any atom is 0.191 e. The van der Waals surface area contributed by atoms with Crippen LogP contribution < -0.4 is 20.1 Å². The monoisotopic (exact) mass is 396 g/mol. The second-order valence-corrected chi connectivity index (χ2v) is 6.61. The highest BCUT2D eigenvalue weighted by molar-refractivity contribution is 5.79. The van der Waals surface area contributed by atoms with Crippen LogP contribution >= 0.6 is 0 Å². The highest BCUT2D eigenvalue weighted by Gasteiger charge is 2.09. The van der Waals surface area contributed by atoms with Gasteiger partial charge < -0.3 is 20.1 Å². The van der Waals surface area contributed by atoms with E-state index in [9.17, 15) is 0 Å². The van der Waals surface area contributed by atoms with E-state index >= 15 is 0 Å². The second-order valence-electron chi connectivity index (χ2n) is 6.61. The first-order valence-electron chi connectivity index (χ1n) is 9.74. The summed E-state index contributed by atoms with van der Waals surface area (Å²) >= 11 is 0. The van der Waals surface area contributed by atoms with E-state index in [1.807, 2.05) is 60.0 Å². The Morgan fingerprint density at radius 3 is 2.69 bits per heavy atom. The predicted molar refractivity (Wildman–Crippen MR) is 114 cm³/mol. The van der Waals surface area contributed by atoms with Gasteiger partial charge in [-0.25, -0.2) is 0 Å². The lowest BCUT2D eigenvalue weighted by Crippen LogP contribution is -2.42. The molecule has 0 fully saturated rings. The minimum absolute atomic E-state index is 0.0489. The number of ether oxygens (including phenoxy) is 2. The van der Waals surface area contributed by atoms with Crippen LogP contribution in [0.4, 0.5) is 0 Å². The first-order valence-corrected chi connectivity index (χ1v) is 9.74. The zero-order chi connectivity index (χ0) is 20.5. The number of nitrogens with one attached hydrogen (secondary N) is 2. The first-order chi connectivity index (χ1) is 14.2. The molecule has 2 N–H and O–H groups in total. The number of rotatable bonds is 9. The van der Waals surface area contributed by atoms with Crippen molar-refractivity contribution in [3.63, 3.8) is 0 Å². The molecule has 154 valence electrons. The van der Waals surface area contributed by atoms with Crippen molar-refractivity contribution in [2.75, 3.05) is 27.2 Å². The highest BCUT2D eigenvalue weighted by Crippen LogP contribution is 2.26. The minimum Gasteiger partial charge on any atom is -0.493 e. The van der Waals surface area contributed by atoms with Gasteiger partial charge in [-0.05, 0) is 37.6 Å². The Bertz CT molecular complexity index is 940. The maximum absolute atomic E-state index is 5.96. The number of guanidine groups is 1. The van der Waals surface area contributed by atoms with Crippen molar-refractivity contribution in [2.45, 2.75) is 25.9 Å². The third-order valence-electron chi connectivity index (χ3n) is 4.43. The smallest absolute Gasteiger partial charge is 0.191 e. The largest absolute Gasteiger partial charge is 0.493 e. The fraction of sp³-hybridized carbons (Fsp3) is 0.381. The van der Waals surface area contributed by atoms with E-state index in [0.29, 0.717) is 6.54 Å². The Labute approximate surface area is 171 Å². The predicted octanol–water partition coefficient (Wildman–Crippen LogP) is 2.30. The van der Waals surface area contributed by atoms with Crippen LogP contribution in [0.15, 0.2) is 53.7 Å². The molecule has 8 nitrogen and oxygen atoms in total. The summed E-state index contributed by atoms with van der Waals surface area (Å²) in [4.78, 5) is 4.27. The molecule has 1 aromatic carbocycles. The van der Waals surface area contributed by atoms with E-state index in [1.54, 1.807) is 14.2 Å². The number of pyridine rings is 1. The SMILES string of the molecule is CN=C(NCCCc1nnc2ccccn12)NCC(C)Oc1ccccc1OC. The molecule has 0 saturated carbocycles. The molecule has 1 atom stereocenters. The number of nitrogens with zero attached hydrogens (tertiary/aromatic N) is 4. The van der Waals surface area contributed by atoms with Crippen molar-refractivity contribution < 1.29 is 9.47 Å². The van der Waals surface area contributed by atoms with Crippen molar-refractivity contribution in [2.24, 2.45) is 4.99 Å². The Morgan fingerprint density at radius 1 is 1.10 bits per heavy atom. The number of para-hydroxylation sites is 2. The summed E-state index contributed by atoms with van der Waals surface area (Å²) in [5.41, 5.74) is 0.872. The van der Waals surface area contributed by atoms with E-state index in [2.05, 4.69) is 25.8 Å². The van der Waals surface area contributed by atoms with E-state index in [1.165, 1.54) is 0 Å². The topological polar surface area (TPSA) is 85.1 Å². The summed E-state index contributed by atoms with van der Waals surface area (Å²) in [7, 11) is 3.40. The summed E-state index contributed by atoms with van der Waals surface area (Å²) in [6.07, 6.45) is 3.70. The van der Waals surface area contributed by atoms with Crippen molar-refractivity contribution >= 4 is 11.6 Å². The Kier molecular flexibility index (Phi) is 7.27. The van der Waals surface area contributed by atoms with Gasteiger partial charge in [0.15, 0.2) is 23.1 Å². The van der Waals surface area contributed by atoms with Crippen molar-refractivity contribution in [3.05, 3.63) is 54.5 Å². The van der Waals surface area contributed by atoms with E-state index < -0.39 is 0 Å². The van der Waals surface area contributed by atoms with Crippen LogP contribution in [0.3, 0.4) is 0 Å². The number of aryl methyl sites for hydroxylation is 1. The Hall–Kier alpha value is -3.29. The molecule has 2 heterocycles. The standard InChI is InChI=1S/C21H28N6O2/c1-16(29-18-10-5-4-9-17(18)28-3)15-24-21(22-2)23-13-8-12-20-26-25-19-11-6-7-14-27(19)20/h4-7,9-11,14,16H,8,12-13,15H2,1-3H3,(H2,22,23,24). The van der Waals surface area contributed by atoms with E-state index in [0.717, 1.165) is 48.3 Å². The average molecular weight is 396 g/mol. The highest BCUT2D eigenvalue weighted by atomic mass is 16.5. The first kappa shape index (κ1) is 20.4. The molecule has 29 heavy (non-hydrogen) atoms. The molecule has 0 aliphatic carbocycles. The maximum atomic E-state index is 5.96. The van der Waals surface area contributed by atoms with Crippen LogP contribution in [-0.4, -0.2) is 53.9 Å². The van der Waals surface area contributed by atoms with E-state index in [4.69, 9.17) is 9.47 Å². The zero-order valence-corrected chi connectivity index (χ0v) is 17.1. The molecular formula is C21H28N6O2. The number of aromatic nitrogens is 3. The molecule has 0 aliphatic rings. The molecule has 3 aromatic rings. The lowest BCUT2D eigenvalue weighted by atomic mass is 10.3. The van der Waals surface area contributed by atoms with Crippen molar-refractivity contribution in [3.8, 4) is 11.5 Å². The quantitative estimate of drug-likeness (QED) is 0.328. The molecule has 1 unspecified atom stereocenters. The van der Waals surface area contributed by atoms with Crippen LogP contribution in [-0.2, 0) is 6.42 Å². The van der Waals surface area contributed by atoms with Crippen LogP contribution in [0.1, 0.15) is 19.2 Å². The van der Waals surface area contributed by atoms with Crippen LogP contribution in [0.5, 0.6) is 11.5 Å². The number of methoxy groups -OCH3 is 1. The Balaban J connectivity index is 1.40. The lowest BCUT2D eigenvalue weighted by molar-refractivity contribution is 0.213. The molecule has 0 spiro atoms. The third-order valence-corrected chi connectivity index (χ3v) is 4.43. The summed E-state index contributed by atoms with van der Waals surface area (Å²) in [6, 6.07) is 13.5. The normalized spacial score (nSPS) is 12.6. The molecule has 2 aromatic heterocycles. The lowest BCUT2D eigenvalue weighted by Gasteiger charge is -2.19. The van der Waals surface area contributed by atoms with Gasteiger partial charge in [-0.15, -0.1) is 10.2 Å². The van der Waals surface area contributed by atoms with Crippen LogP contribution in [0.25, 0.3) is 5.65 Å². The van der Waals surface area contributed by atoms with Gasteiger partial charge in [0.2, 0.25) is 0 Å². The van der Waals surface area contributed by atoms with Gasteiger partial charge in [0, 0.05) is 26.2 Å². The average Bonchev–Trinajstić information content (AvgIpc) is 3.17. The number of fused-ring (bicyclic) bond motifs is 1. The molecule has 0 bridgehead atoms. The molecule has 0 amide bonds. The number of aliphatic imine (C=N–C) groups is 1. The van der Waals surface area contributed by atoms with Crippen LogP contribution in [0.2, 0.25) is 0 Å². The second kappa shape index (κ2) is 10.3. The van der Waals surface area contributed by atoms with Gasteiger partial charge in [0.05, 0.1) is 13.7 Å². The molecule has 3 rings (SSSR count). The molecule has 8 heteroatoms. The van der Waals surface area contributed by atoms with Crippen molar-refractivity contribution in [1.82, 2.24) is 25.2 Å². The number of hydrogen-bond acceptors (Lipinski definition) is 5. The molecular weight excluding hydrogens is 368 g/mol. The minimum atomic E-state index is -0.0489. The zero-order valence-electron chi connectivity index (χ0n) is 17.1. The Morgan fingerprint density at radius 2 is 1.90 bits per heavy atom. The van der Waals surface area contributed by atoms with Gasteiger partial charge >= 0.3 is 0 Å². The number of hydrogen-bond donors (Lipinski definition) is 2. The van der Waals surface area contributed by atoms with Crippen molar-refractivity contribution in [1.29, 1.82) is 0 Å². The van der Waals surface area contributed by atoms with Gasteiger partial charge in [-0.2, -0.15) is 0 Å². The van der Waals surface area contributed by atoms with Gasteiger partial charge in [0.25, 0.3) is 0 Å². The van der Waals surface area contributed by atoms with Crippen LogP contribution in [0, 0.1) is 0 Å². The number of benzene rings is 1. The summed E-state index contributed by atoms with van der Waals surface area (Å²) < 4.78 is 13.3. The third kappa shape index (κ3) is 5.60. The van der Waals surface area contributed by atoms with E-state index in [-0.39, 0.29) is 6.10 Å². The summed E-state index contributed by atoms with van der Waals surface area (Å²) in [5.74, 6) is 3.16. The molecule has 0 saturated heterocycles. The molecule has 0 radical (unpaired) electrons. The molecule has 0 aliphatic heterocycles. The fourth-order valence-corrected chi connectivity index (χ4v) is 2.95.